The van der Waals surface area contributed by atoms with E-state index >= 15 is 0 Å². The van der Waals surface area contributed by atoms with E-state index in [0.29, 0.717) is 0 Å². The Labute approximate surface area is 136 Å². The zero-order chi connectivity index (χ0) is 16.2. The van der Waals surface area contributed by atoms with E-state index in [4.69, 9.17) is 0 Å². The molecule has 0 aliphatic carbocycles. The molecule has 0 bridgehead atoms. The largest absolute Gasteiger partial charge is 0.0654 e. The van der Waals surface area contributed by atoms with E-state index < -0.39 is 0 Å². The van der Waals surface area contributed by atoms with Gasteiger partial charge in [0.05, 0.1) is 0 Å². The van der Waals surface area contributed by atoms with Crippen LogP contribution < -0.4 is 0 Å². The van der Waals surface area contributed by atoms with Crippen LogP contribution in [0.4, 0.5) is 0 Å². The summed E-state index contributed by atoms with van der Waals surface area (Å²) in [5.74, 6) is 0. The van der Waals surface area contributed by atoms with Crippen LogP contribution in [0.5, 0.6) is 0 Å². The van der Waals surface area contributed by atoms with Gasteiger partial charge in [-0.15, -0.1) is 0 Å². The SMILES string of the molecule is CCCCc1c(C(C)(C)C)ccc(C)c1Cc1ccccc1. The van der Waals surface area contributed by atoms with Crippen molar-refractivity contribution in [1.29, 1.82) is 0 Å². The maximum atomic E-state index is 2.36. The van der Waals surface area contributed by atoms with Crippen LogP contribution >= 0.6 is 0 Å². The summed E-state index contributed by atoms with van der Waals surface area (Å²) in [6.45, 7) is 11.5. The van der Waals surface area contributed by atoms with Gasteiger partial charge in [0.15, 0.2) is 0 Å². The van der Waals surface area contributed by atoms with Crippen LogP contribution in [-0.4, -0.2) is 0 Å². The number of aryl methyl sites for hydroxylation is 1. The highest BCUT2D eigenvalue weighted by Gasteiger charge is 2.20. The predicted molar refractivity (Wildman–Crippen MR) is 97.7 cm³/mol. The molecule has 2 rings (SSSR count). The number of hydrogen-bond donors (Lipinski definition) is 0. The average molecular weight is 294 g/mol. The minimum absolute atomic E-state index is 0.211. The fourth-order valence-corrected chi connectivity index (χ4v) is 3.20. The first-order chi connectivity index (χ1) is 10.4. The van der Waals surface area contributed by atoms with Gasteiger partial charge in [-0.2, -0.15) is 0 Å². The van der Waals surface area contributed by atoms with Gasteiger partial charge >= 0.3 is 0 Å². The van der Waals surface area contributed by atoms with Gasteiger partial charge in [0.1, 0.15) is 0 Å². The van der Waals surface area contributed by atoms with Gasteiger partial charge < -0.3 is 0 Å². The lowest BCUT2D eigenvalue weighted by molar-refractivity contribution is 0.577. The molecule has 0 amide bonds. The van der Waals surface area contributed by atoms with Crippen LogP contribution in [0.15, 0.2) is 42.5 Å². The highest BCUT2D eigenvalue weighted by Crippen LogP contribution is 2.32. The Morgan fingerprint density at radius 1 is 0.864 bits per heavy atom. The Bertz CT molecular complexity index is 600. The van der Waals surface area contributed by atoms with Crippen LogP contribution in [0.25, 0.3) is 0 Å². The zero-order valence-corrected chi connectivity index (χ0v) is 14.9. The highest BCUT2D eigenvalue weighted by atomic mass is 14.3. The standard InChI is InChI=1S/C22H30/c1-6-7-13-19-20(16-18-11-9-8-10-12-18)17(2)14-15-21(19)22(3,4)5/h8-12,14-15H,6-7,13,16H2,1-5H3. The Morgan fingerprint density at radius 2 is 1.55 bits per heavy atom. The molecular weight excluding hydrogens is 264 g/mol. The van der Waals surface area contributed by atoms with E-state index in [0.717, 1.165) is 6.42 Å². The maximum absolute atomic E-state index is 2.36. The first-order valence-electron chi connectivity index (χ1n) is 8.59. The molecule has 0 saturated carbocycles. The summed E-state index contributed by atoms with van der Waals surface area (Å²) in [7, 11) is 0. The van der Waals surface area contributed by atoms with Crippen LogP contribution in [-0.2, 0) is 18.3 Å². The average Bonchev–Trinajstić information content (AvgIpc) is 2.47. The first-order valence-corrected chi connectivity index (χ1v) is 8.59. The van der Waals surface area contributed by atoms with E-state index in [9.17, 15) is 0 Å². The van der Waals surface area contributed by atoms with Crippen LogP contribution in [0.2, 0.25) is 0 Å². The summed E-state index contributed by atoms with van der Waals surface area (Å²) in [6, 6.07) is 15.5. The van der Waals surface area contributed by atoms with Gasteiger partial charge in [0.2, 0.25) is 0 Å². The molecule has 0 aliphatic heterocycles. The Hall–Kier alpha value is -1.56. The molecule has 0 radical (unpaired) electrons. The second kappa shape index (κ2) is 7.13. The van der Waals surface area contributed by atoms with Gasteiger partial charge in [0.25, 0.3) is 0 Å². The van der Waals surface area contributed by atoms with Crippen molar-refractivity contribution in [2.45, 2.75) is 65.7 Å². The topological polar surface area (TPSA) is 0 Å². The summed E-state index contributed by atoms with van der Waals surface area (Å²) in [6.07, 6.45) is 4.78. The monoisotopic (exact) mass is 294 g/mol. The maximum Gasteiger partial charge on any atom is -0.00203 e. The molecule has 0 heteroatoms. The molecule has 0 unspecified atom stereocenters. The smallest absolute Gasteiger partial charge is 0.00203 e. The molecule has 0 saturated heterocycles. The summed E-state index contributed by atoms with van der Waals surface area (Å²) in [5.41, 5.74) is 7.72. The Balaban J connectivity index is 2.49. The molecule has 22 heavy (non-hydrogen) atoms. The fourth-order valence-electron chi connectivity index (χ4n) is 3.20. The molecule has 0 heterocycles. The lowest BCUT2D eigenvalue weighted by Gasteiger charge is -2.26. The minimum Gasteiger partial charge on any atom is -0.0654 e. The first kappa shape index (κ1) is 16.8. The van der Waals surface area contributed by atoms with Crippen molar-refractivity contribution in [2.75, 3.05) is 0 Å². The molecule has 0 atom stereocenters. The van der Waals surface area contributed by atoms with Gasteiger partial charge in [0, 0.05) is 0 Å². The highest BCUT2D eigenvalue weighted by molar-refractivity contribution is 5.46. The minimum atomic E-state index is 0.211. The quantitative estimate of drug-likeness (QED) is 0.613. The Kier molecular flexibility index (Phi) is 5.45. The predicted octanol–water partition coefficient (Wildman–Crippen LogP) is 6.23. The number of unbranched alkanes of at least 4 members (excludes halogenated alkanes) is 1. The van der Waals surface area contributed by atoms with E-state index in [2.05, 4.69) is 77.1 Å². The van der Waals surface area contributed by atoms with Crippen molar-refractivity contribution in [3.05, 3.63) is 70.3 Å². The molecule has 118 valence electrons. The van der Waals surface area contributed by atoms with Gasteiger partial charge in [-0.1, -0.05) is 76.6 Å². The molecular formula is C22H30. The molecule has 0 aliphatic rings. The lowest BCUT2D eigenvalue weighted by atomic mass is 9.78. The van der Waals surface area contributed by atoms with Crippen molar-refractivity contribution in [2.24, 2.45) is 0 Å². The van der Waals surface area contributed by atoms with Crippen molar-refractivity contribution >= 4 is 0 Å². The van der Waals surface area contributed by atoms with Crippen LogP contribution in [0, 0.1) is 6.92 Å². The van der Waals surface area contributed by atoms with Crippen LogP contribution in [0.3, 0.4) is 0 Å². The third-order valence-electron chi connectivity index (χ3n) is 4.48. The van der Waals surface area contributed by atoms with Gasteiger partial charge in [-0.3, -0.25) is 0 Å². The molecule has 2 aromatic carbocycles. The zero-order valence-electron chi connectivity index (χ0n) is 14.9. The van der Waals surface area contributed by atoms with Crippen LogP contribution in [0.1, 0.15) is 68.4 Å². The summed E-state index contributed by atoms with van der Waals surface area (Å²) < 4.78 is 0. The normalized spacial score (nSPS) is 11.7. The second-order valence-corrected chi connectivity index (χ2v) is 7.40. The lowest BCUT2D eigenvalue weighted by Crippen LogP contribution is -2.17. The van der Waals surface area contributed by atoms with E-state index in [-0.39, 0.29) is 5.41 Å². The third-order valence-corrected chi connectivity index (χ3v) is 4.48. The molecule has 0 nitrogen and oxygen atoms in total. The summed E-state index contributed by atoms with van der Waals surface area (Å²) in [5, 5.41) is 0. The molecule has 0 aromatic heterocycles. The third kappa shape index (κ3) is 4.00. The molecule has 0 N–H and O–H groups in total. The van der Waals surface area contributed by atoms with Crippen molar-refractivity contribution in [3.63, 3.8) is 0 Å². The fraction of sp³-hybridized carbons (Fsp3) is 0.455. The number of benzene rings is 2. The number of rotatable bonds is 5. The van der Waals surface area contributed by atoms with Gasteiger partial charge in [-0.25, -0.2) is 0 Å². The van der Waals surface area contributed by atoms with E-state index in [1.807, 2.05) is 0 Å². The Morgan fingerprint density at radius 3 is 2.14 bits per heavy atom. The van der Waals surface area contributed by atoms with Crippen molar-refractivity contribution < 1.29 is 0 Å². The number of hydrogen-bond acceptors (Lipinski definition) is 0. The van der Waals surface area contributed by atoms with Crippen molar-refractivity contribution in [1.82, 2.24) is 0 Å². The van der Waals surface area contributed by atoms with Crippen molar-refractivity contribution in [3.8, 4) is 0 Å². The molecule has 0 spiro atoms. The molecule has 2 aromatic rings. The van der Waals surface area contributed by atoms with E-state index in [1.165, 1.54) is 36.0 Å². The second-order valence-electron chi connectivity index (χ2n) is 7.40. The van der Waals surface area contributed by atoms with E-state index in [1.54, 1.807) is 11.1 Å². The van der Waals surface area contributed by atoms with Gasteiger partial charge in [-0.05, 0) is 59.4 Å². The summed E-state index contributed by atoms with van der Waals surface area (Å²) >= 11 is 0. The summed E-state index contributed by atoms with van der Waals surface area (Å²) in [4.78, 5) is 0. The molecule has 0 fully saturated rings.